The summed E-state index contributed by atoms with van der Waals surface area (Å²) in [6.45, 7) is 8.51. The molecule has 21 heavy (non-hydrogen) atoms. The lowest BCUT2D eigenvalue weighted by molar-refractivity contribution is -0.116. The van der Waals surface area contributed by atoms with Crippen molar-refractivity contribution in [1.82, 2.24) is 4.90 Å². The minimum absolute atomic E-state index is 0.118. The summed E-state index contributed by atoms with van der Waals surface area (Å²) in [4.78, 5) is 16.6. The molecule has 1 aliphatic rings. The Kier molecular flexibility index (Phi) is 5.62. The Morgan fingerprint density at radius 2 is 1.95 bits per heavy atom. The molecule has 4 nitrogen and oxygen atoms in total. The monoisotopic (exact) mass is 289 g/mol. The molecule has 0 saturated carbocycles. The van der Waals surface area contributed by atoms with Crippen LogP contribution in [0.2, 0.25) is 0 Å². The van der Waals surface area contributed by atoms with Crippen LogP contribution in [0.4, 0.5) is 11.4 Å². The number of nitrogens with zero attached hydrogens (tertiary/aromatic N) is 2. The van der Waals surface area contributed by atoms with Gasteiger partial charge in [0.15, 0.2) is 0 Å². The molecule has 0 spiro atoms. The van der Waals surface area contributed by atoms with E-state index in [0.29, 0.717) is 6.42 Å². The summed E-state index contributed by atoms with van der Waals surface area (Å²) in [6.07, 6.45) is 2.61. The van der Waals surface area contributed by atoms with Crippen LogP contribution >= 0.6 is 0 Å². The Balaban J connectivity index is 1.98. The minimum Gasteiger partial charge on any atom is -0.369 e. The van der Waals surface area contributed by atoms with Crippen molar-refractivity contribution < 1.29 is 4.79 Å². The number of aryl methyl sites for hydroxylation is 1. The number of nitrogens with one attached hydrogen (secondary N) is 1. The number of carbonyl (C=O) groups is 1. The quantitative estimate of drug-likeness (QED) is 0.905. The maximum Gasteiger partial charge on any atom is 0.224 e. The number of anilines is 2. The van der Waals surface area contributed by atoms with Crippen molar-refractivity contribution in [3.05, 3.63) is 23.8 Å². The number of unbranched alkanes of at least 4 members (excludes halogenated alkanes) is 1. The molecule has 1 aliphatic heterocycles. The topological polar surface area (TPSA) is 35.6 Å². The lowest BCUT2D eigenvalue weighted by Crippen LogP contribution is -2.44. The third kappa shape index (κ3) is 4.46. The molecule has 1 fully saturated rings. The van der Waals surface area contributed by atoms with E-state index < -0.39 is 0 Å². The second kappa shape index (κ2) is 7.46. The van der Waals surface area contributed by atoms with Crippen molar-refractivity contribution in [2.45, 2.75) is 33.1 Å². The van der Waals surface area contributed by atoms with Crippen molar-refractivity contribution in [1.29, 1.82) is 0 Å². The summed E-state index contributed by atoms with van der Waals surface area (Å²) in [6, 6.07) is 6.33. The lowest BCUT2D eigenvalue weighted by atomic mass is 10.1. The lowest BCUT2D eigenvalue weighted by Gasteiger charge is -2.34. The van der Waals surface area contributed by atoms with Crippen LogP contribution in [0.15, 0.2) is 18.2 Å². The molecule has 116 valence electrons. The van der Waals surface area contributed by atoms with Gasteiger partial charge in [-0.15, -0.1) is 0 Å². The first-order valence-corrected chi connectivity index (χ1v) is 7.94. The van der Waals surface area contributed by atoms with Crippen molar-refractivity contribution >= 4 is 17.3 Å². The minimum atomic E-state index is 0.118. The molecule has 1 aromatic rings. The zero-order valence-corrected chi connectivity index (χ0v) is 13.5. The SMILES string of the molecule is CCCCC(=O)Nc1ccc(N2CCN(C)CC2)cc1C. The van der Waals surface area contributed by atoms with E-state index in [1.54, 1.807) is 0 Å². The Morgan fingerprint density at radius 3 is 2.57 bits per heavy atom. The van der Waals surface area contributed by atoms with Crippen LogP contribution in [0.1, 0.15) is 31.7 Å². The van der Waals surface area contributed by atoms with Gasteiger partial charge in [0.2, 0.25) is 5.91 Å². The standard InChI is InChI=1S/C17H27N3O/c1-4-5-6-17(21)18-16-8-7-15(13-14(16)2)20-11-9-19(3)10-12-20/h7-8,13H,4-6,9-12H2,1-3H3,(H,18,21). The van der Waals surface area contributed by atoms with E-state index in [1.807, 2.05) is 6.07 Å². The van der Waals surface area contributed by atoms with Crippen LogP contribution in [0.25, 0.3) is 0 Å². The molecule has 0 bridgehead atoms. The summed E-state index contributed by atoms with van der Waals surface area (Å²) in [5.41, 5.74) is 3.33. The fourth-order valence-electron chi connectivity index (χ4n) is 2.60. The Bertz CT molecular complexity index is 479. The van der Waals surface area contributed by atoms with E-state index in [1.165, 1.54) is 5.69 Å². The molecule has 1 aromatic carbocycles. The van der Waals surface area contributed by atoms with Crippen molar-refractivity contribution in [3.8, 4) is 0 Å². The predicted octanol–water partition coefficient (Wildman–Crippen LogP) is 2.88. The summed E-state index contributed by atoms with van der Waals surface area (Å²) in [5.74, 6) is 0.118. The highest BCUT2D eigenvalue weighted by Crippen LogP contribution is 2.23. The van der Waals surface area contributed by atoms with Gasteiger partial charge in [0, 0.05) is 44.0 Å². The van der Waals surface area contributed by atoms with Gasteiger partial charge in [-0.1, -0.05) is 13.3 Å². The smallest absolute Gasteiger partial charge is 0.224 e. The molecule has 0 aromatic heterocycles. The van der Waals surface area contributed by atoms with E-state index in [2.05, 4.69) is 48.1 Å². The second-order valence-electron chi connectivity index (χ2n) is 5.94. The molecule has 0 radical (unpaired) electrons. The third-order valence-electron chi connectivity index (χ3n) is 4.11. The fourth-order valence-corrected chi connectivity index (χ4v) is 2.60. The molecule has 4 heteroatoms. The molecule has 1 saturated heterocycles. The van der Waals surface area contributed by atoms with Crippen LogP contribution < -0.4 is 10.2 Å². The summed E-state index contributed by atoms with van der Waals surface area (Å²) < 4.78 is 0. The average molecular weight is 289 g/mol. The summed E-state index contributed by atoms with van der Waals surface area (Å²) in [5, 5.41) is 3.02. The largest absolute Gasteiger partial charge is 0.369 e. The van der Waals surface area contributed by atoms with Gasteiger partial charge >= 0.3 is 0 Å². The van der Waals surface area contributed by atoms with Crippen molar-refractivity contribution in [2.75, 3.05) is 43.4 Å². The summed E-state index contributed by atoms with van der Waals surface area (Å²) in [7, 11) is 2.16. The van der Waals surface area contributed by atoms with Gasteiger partial charge in [-0.3, -0.25) is 4.79 Å². The first kappa shape index (κ1) is 15.8. The summed E-state index contributed by atoms with van der Waals surface area (Å²) >= 11 is 0. The Morgan fingerprint density at radius 1 is 1.24 bits per heavy atom. The van der Waals surface area contributed by atoms with Crippen LogP contribution in [-0.2, 0) is 4.79 Å². The van der Waals surface area contributed by atoms with Gasteiger partial charge < -0.3 is 15.1 Å². The molecule has 0 aliphatic carbocycles. The Labute approximate surface area is 128 Å². The molecule has 1 heterocycles. The Hall–Kier alpha value is -1.55. The van der Waals surface area contributed by atoms with E-state index in [-0.39, 0.29) is 5.91 Å². The van der Waals surface area contributed by atoms with Gasteiger partial charge in [0.05, 0.1) is 0 Å². The van der Waals surface area contributed by atoms with E-state index >= 15 is 0 Å². The molecule has 0 unspecified atom stereocenters. The van der Waals surface area contributed by atoms with Crippen LogP contribution in [0, 0.1) is 6.92 Å². The normalized spacial score (nSPS) is 16.0. The van der Waals surface area contributed by atoms with Crippen LogP contribution in [0.3, 0.4) is 0 Å². The van der Waals surface area contributed by atoms with Crippen molar-refractivity contribution in [3.63, 3.8) is 0 Å². The van der Waals surface area contributed by atoms with Crippen molar-refractivity contribution in [2.24, 2.45) is 0 Å². The molecule has 1 N–H and O–H groups in total. The van der Waals surface area contributed by atoms with E-state index in [0.717, 1.165) is 50.3 Å². The zero-order chi connectivity index (χ0) is 15.2. The number of hydrogen-bond donors (Lipinski definition) is 1. The maximum atomic E-state index is 11.8. The van der Waals surface area contributed by atoms with E-state index in [9.17, 15) is 4.79 Å². The van der Waals surface area contributed by atoms with E-state index in [4.69, 9.17) is 0 Å². The van der Waals surface area contributed by atoms with Gasteiger partial charge in [-0.05, 0) is 44.2 Å². The number of benzene rings is 1. The number of amides is 1. The third-order valence-corrected chi connectivity index (χ3v) is 4.11. The number of rotatable bonds is 5. The highest BCUT2D eigenvalue weighted by atomic mass is 16.1. The first-order valence-electron chi connectivity index (χ1n) is 7.94. The van der Waals surface area contributed by atoms with Gasteiger partial charge in [0.1, 0.15) is 0 Å². The van der Waals surface area contributed by atoms with Gasteiger partial charge in [0.25, 0.3) is 0 Å². The fraction of sp³-hybridized carbons (Fsp3) is 0.588. The maximum absolute atomic E-state index is 11.8. The first-order chi connectivity index (χ1) is 10.1. The van der Waals surface area contributed by atoms with Gasteiger partial charge in [-0.2, -0.15) is 0 Å². The molecule has 2 rings (SSSR count). The molecule has 0 atom stereocenters. The highest BCUT2D eigenvalue weighted by molar-refractivity contribution is 5.91. The van der Waals surface area contributed by atoms with Crippen LogP contribution in [0.5, 0.6) is 0 Å². The number of carbonyl (C=O) groups excluding carboxylic acids is 1. The van der Waals surface area contributed by atoms with Gasteiger partial charge in [-0.25, -0.2) is 0 Å². The average Bonchev–Trinajstić information content (AvgIpc) is 2.48. The second-order valence-corrected chi connectivity index (χ2v) is 5.94. The highest BCUT2D eigenvalue weighted by Gasteiger charge is 2.15. The number of piperazine rings is 1. The molecular formula is C17H27N3O. The predicted molar refractivity (Wildman–Crippen MR) is 89.0 cm³/mol. The zero-order valence-electron chi connectivity index (χ0n) is 13.5. The number of likely N-dealkylation sites (N-methyl/N-ethyl adjacent to an activating group) is 1. The number of hydrogen-bond acceptors (Lipinski definition) is 3. The molecule has 1 amide bonds. The van der Waals surface area contributed by atoms with Crippen LogP contribution in [-0.4, -0.2) is 44.0 Å². The molecular weight excluding hydrogens is 262 g/mol.